The molecule has 1 aliphatic heterocycles. The first-order valence-corrected chi connectivity index (χ1v) is 11.4. The van der Waals surface area contributed by atoms with E-state index in [1.807, 2.05) is 7.11 Å². The van der Waals surface area contributed by atoms with Crippen LogP contribution in [0.5, 0.6) is 0 Å². The molecule has 1 heterocycles. The molecule has 0 aromatic heterocycles. The van der Waals surface area contributed by atoms with Crippen molar-refractivity contribution in [2.75, 3.05) is 7.11 Å². The van der Waals surface area contributed by atoms with E-state index in [9.17, 15) is 0 Å². The van der Waals surface area contributed by atoms with E-state index in [1.165, 1.54) is 23.7 Å². The summed E-state index contributed by atoms with van der Waals surface area (Å²) in [6, 6.07) is 10.8. The van der Waals surface area contributed by atoms with Gasteiger partial charge in [0, 0.05) is 0 Å². The molecular weight excluding hydrogens is 377 g/mol. The molecule has 0 radical (unpaired) electrons. The second-order valence-corrected chi connectivity index (χ2v) is 10.9. The summed E-state index contributed by atoms with van der Waals surface area (Å²) in [5, 5.41) is 3.86. The van der Waals surface area contributed by atoms with Crippen molar-refractivity contribution in [3.63, 3.8) is 0 Å². The van der Waals surface area contributed by atoms with Crippen LogP contribution in [0.3, 0.4) is 0 Å². The second-order valence-electron chi connectivity index (χ2n) is 8.32. The number of fused-ring (bicyclic) bond motifs is 1. The maximum atomic E-state index is 6.68. The van der Waals surface area contributed by atoms with E-state index in [2.05, 4.69) is 63.3 Å². The summed E-state index contributed by atoms with van der Waals surface area (Å²) >= 11 is 0.303. The Morgan fingerprint density at radius 1 is 1.24 bits per heavy atom. The fraction of sp³-hybridized carbons (Fsp3) is 0.714. The minimum absolute atomic E-state index is 0.0664. The zero-order valence-corrected chi connectivity index (χ0v) is 17.9. The Morgan fingerprint density at radius 3 is 2.64 bits per heavy atom. The predicted octanol–water partition coefficient (Wildman–Crippen LogP) is 3.37. The zero-order chi connectivity index (χ0) is 18.0. The topological polar surface area (TPSA) is 30.5 Å². The number of rotatable bonds is 5. The van der Waals surface area contributed by atoms with Crippen LogP contribution in [0.25, 0.3) is 0 Å². The van der Waals surface area contributed by atoms with Crippen molar-refractivity contribution in [3.8, 4) is 0 Å². The third-order valence-corrected chi connectivity index (χ3v) is 9.00. The van der Waals surface area contributed by atoms with Gasteiger partial charge in [-0.25, -0.2) is 0 Å². The van der Waals surface area contributed by atoms with Gasteiger partial charge in [-0.05, 0) is 0 Å². The summed E-state index contributed by atoms with van der Waals surface area (Å²) in [5.41, 5.74) is 0.117. The Balaban J connectivity index is 1.80. The minimum atomic E-state index is 0.0664. The quantitative estimate of drug-likeness (QED) is 0.755. The van der Waals surface area contributed by atoms with Gasteiger partial charge in [-0.2, -0.15) is 0 Å². The van der Waals surface area contributed by atoms with Gasteiger partial charge in [-0.15, -0.1) is 0 Å². The number of benzene rings is 1. The summed E-state index contributed by atoms with van der Waals surface area (Å²) in [7, 11) is 1.82. The summed E-state index contributed by atoms with van der Waals surface area (Å²) in [6.45, 7) is 9.27. The predicted molar refractivity (Wildman–Crippen MR) is 104 cm³/mol. The Morgan fingerprint density at radius 2 is 1.96 bits per heavy atom. The van der Waals surface area contributed by atoms with Gasteiger partial charge in [-0.1, -0.05) is 0 Å². The molecule has 140 valence electrons. The van der Waals surface area contributed by atoms with Crippen molar-refractivity contribution in [3.05, 3.63) is 30.3 Å². The molecule has 1 aromatic carbocycles. The number of hydrogen-bond donors (Lipinski definition) is 1. The molecule has 1 saturated heterocycles. The van der Waals surface area contributed by atoms with Crippen LogP contribution < -0.4 is 9.78 Å². The Labute approximate surface area is 159 Å². The summed E-state index contributed by atoms with van der Waals surface area (Å²) in [5.74, 6) is 1.39. The van der Waals surface area contributed by atoms with Gasteiger partial charge in [0.2, 0.25) is 0 Å². The van der Waals surface area contributed by atoms with E-state index < -0.39 is 0 Å². The van der Waals surface area contributed by atoms with Crippen molar-refractivity contribution in [2.45, 2.75) is 75.7 Å². The van der Waals surface area contributed by atoms with E-state index in [4.69, 9.17) is 9.47 Å². The first-order valence-electron chi connectivity index (χ1n) is 9.58. The summed E-state index contributed by atoms with van der Waals surface area (Å²) < 4.78 is 13.8. The van der Waals surface area contributed by atoms with Gasteiger partial charge < -0.3 is 0 Å². The van der Waals surface area contributed by atoms with E-state index in [-0.39, 0.29) is 17.9 Å². The van der Waals surface area contributed by atoms with Crippen molar-refractivity contribution in [1.29, 1.82) is 0 Å². The SMILES string of the molecule is CO[C@H](C)[C@@H]([Se]c1ccccc1)[C@H]1NC(C)(C)[C@@H]2CC[C@@H](C)C[C@H]2O1. The van der Waals surface area contributed by atoms with E-state index >= 15 is 0 Å². The van der Waals surface area contributed by atoms with Crippen molar-refractivity contribution in [1.82, 2.24) is 5.32 Å². The number of methoxy groups -OCH3 is 1. The molecule has 2 aliphatic rings. The third kappa shape index (κ3) is 4.48. The van der Waals surface area contributed by atoms with Gasteiger partial charge in [0.05, 0.1) is 0 Å². The van der Waals surface area contributed by atoms with Gasteiger partial charge >= 0.3 is 159 Å². The molecular formula is C21H33NO2Se. The molecule has 1 aromatic rings. The Kier molecular flexibility index (Phi) is 6.28. The number of nitrogens with one attached hydrogen (secondary N) is 1. The summed E-state index contributed by atoms with van der Waals surface area (Å²) in [4.78, 5) is 0.359. The number of hydrogen-bond acceptors (Lipinski definition) is 3. The maximum absolute atomic E-state index is 6.68. The van der Waals surface area contributed by atoms with Crippen LogP contribution in [0.2, 0.25) is 4.82 Å². The third-order valence-electron chi connectivity index (χ3n) is 5.96. The Hall–Kier alpha value is -0.381. The molecule has 3 rings (SSSR count). The standard InChI is InChI=1S/C21H33NO2Se/c1-14-11-12-17-18(13-14)24-20(22-21(17,3)4)19(15(2)23-5)25-16-9-7-6-8-10-16/h6-10,14-15,17-20,22H,11-13H2,1-5H3/t14-,15-,17-,18-,19-,20+/m1/s1. The number of ether oxygens (including phenoxy) is 2. The second kappa shape index (κ2) is 8.10. The fourth-order valence-electron chi connectivity index (χ4n) is 4.35. The molecule has 0 spiro atoms. The van der Waals surface area contributed by atoms with Crippen LogP contribution in [0.4, 0.5) is 0 Å². The first kappa shape index (κ1) is 19.4. The van der Waals surface area contributed by atoms with Crippen LogP contribution in [-0.2, 0) is 9.47 Å². The van der Waals surface area contributed by atoms with Crippen LogP contribution in [0, 0.1) is 11.8 Å². The van der Waals surface area contributed by atoms with Gasteiger partial charge in [0.15, 0.2) is 0 Å². The fourth-order valence-corrected chi connectivity index (χ4v) is 6.84. The first-order chi connectivity index (χ1) is 11.9. The average molecular weight is 410 g/mol. The van der Waals surface area contributed by atoms with E-state index in [0.29, 0.717) is 31.8 Å². The van der Waals surface area contributed by atoms with E-state index in [0.717, 1.165) is 5.92 Å². The molecule has 0 unspecified atom stereocenters. The zero-order valence-electron chi connectivity index (χ0n) is 16.2. The van der Waals surface area contributed by atoms with Crippen molar-refractivity contribution < 1.29 is 9.47 Å². The van der Waals surface area contributed by atoms with Crippen LogP contribution in [-0.4, -0.2) is 46.0 Å². The molecule has 3 nitrogen and oxygen atoms in total. The van der Waals surface area contributed by atoms with Gasteiger partial charge in [-0.3, -0.25) is 0 Å². The normalized spacial score (nSPS) is 34.1. The van der Waals surface area contributed by atoms with Gasteiger partial charge in [0.25, 0.3) is 0 Å². The molecule has 0 amide bonds. The molecule has 2 fully saturated rings. The monoisotopic (exact) mass is 411 g/mol. The Bertz CT molecular complexity index is 550. The molecule has 4 heteroatoms. The molecule has 1 N–H and O–H groups in total. The van der Waals surface area contributed by atoms with Crippen LogP contribution in [0.15, 0.2) is 30.3 Å². The molecule has 25 heavy (non-hydrogen) atoms. The van der Waals surface area contributed by atoms with Crippen molar-refractivity contribution >= 4 is 19.4 Å². The van der Waals surface area contributed by atoms with Crippen LogP contribution in [0.1, 0.15) is 47.0 Å². The molecule has 1 saturated carbocycles. The van der Waals surface area contributed by atoms with E-state index in [1.54, 1.807) is 0 Å². The van der Waals surface area contributed by atoms with Crippen molar-refractivity contribution in [2.24, 2.45) is 11.8 Å². The molecule has 0 bridgehead atoms. The summed E-state index contributed by atoms with van der Waals surface area (Å²) in [6.07, 6.45) is 4.41. The van der Waals surface area contributed by atoms with Crippen LogP contribution >= 0.6 is 0 Å². The molecule has 1 aliphatic carbocycles. The average Bonchev–Trinajstić information content (AvgIpc) is 2.58. The van der Waals surface area contributed by atoms with Gasteiger partial charge in [0.1, 0.15) is 0 Å². The molecule has 6 atom stereocenters.